The molecule has 1 atom stereocenters. The van der Waals surface area contributed by atoms with Crippen molar-refractivity contribution in [1.29, 1.82) is 0 Å². The molecule has 7 nitrogen and oxygen atoms in total. The minimum atomic E-state index is -0.253. The molecule has 0 bridgehead atoms. The number of morpholine rings is 1. The largest absolute Gasteiger partial charge is 0.379 e. The Hall–Kier alpha value is -1.77. The van der Waals surface area contributed by atoms with Crippen molar-refractivity contribution in [3.8, 4) is 0 Å². The first-order valence-electron chi connectivity index (χ1n) is 9.88. The number of carbonyl (C=O) groups excluding carboxylic acids is 1. The van der Waals surface area contributed by atoms with E-state index < -0.39 is 0 Å². The lowest BCUT2D eigenvalue weighted by atomic mass is 10.1. The van der Waals surface area contributed by atoms with E-state index in [9.17, 15) is 4.79 Å². The molecule has 2 saturated heterocycles. The predicted molar refractivity (Wildman–Crippen MR) is 105 cm³/mol. The number of primary amides is 1. The maximum atomic E-state index is 12.0. The highest BCUT2D eigenvalue weighted by molar-refractivity contribution is 7.19. The van der Waals surface area contributed by atoms with E-state index in [1.165, 1.54) is 22.2 Å². The van der Waals surface area contributed by atoms with Gasteiger partial charge in [-0.25, -0.2) is 9.97 Å². The summed E-state index contributed by atoms with van der Waals surface area (Å²) >= 11 is 1.81. The zero-order valence-corrected chi connectivity index (χ0v) is 16.3. The average Bonchev–Trinajstić information content (AvgIpc) is 3.37. The van der Waals surface area contributed by atoms with Crippen LogP contribution in [0.25, 0.3) is 10.2 Å². The third kappa shape index (κ3) is 3.09. The number of amides is 1. The Kier molecular flexibility index (Phi) is 4.49. The van der Waals surface area contributed by atoms with E-state index in [0.717, 1.165) is 81.5 Å². The Labute approximate surface area is 162 Å². The van der Waals surface area contributed by atoms with E-state index in [4.69, 9.17) is 20.4 Å². The minimum absolute atomic E-state index is 0.249. The normalized spacial score (nSPS) is 23.3. The van der Waals surface area contributed by atoms with Crippen LogP contribution < -0.4 is 10.6 Å². The summed E-state index contributed by atoms with van der Waals surface area (Å²) in [4.78, 5) is 28.9. The molecule has 2 aromatic rings. The topological polar surface area (TPSA) is 84.6 Å². The standard InChI is InChI=1S/C19H25N5O2S/c20-17(25)13-4-2-6-24(13)18-16-12-3-1-5-14(12)27-19(16)22-15(21-18)11-23-7-9-26-10-8-23/h13H,1-11H2,(H2,20,25)/t13-/m0/s1. The van der Waals surface area contributed by atoms with Crippen molar-refractivity contribution < 1.29 is 9.53 Å². The summed E-state index contributed by atoms with van der Waals surface area (Å²) < 4.78 is 5.45. The molecule has 3 aliphatic rings. The summed E-state index contributed by atoms with van der Waals surface area (Å²) in [5.74, 6) is 1.53. The second-order valence-corrected chi connectivity index (χ2v) is 8.73. The van der Waals surface area contributed by atoms with Gasteiger partial charge in [0.25, 0.3) is 0 Å². The summed E-state index contributed by atoms with van der Waals surface area (Å²) in [7, 11) is 0. The van der Waals surface area contributed by atoms with Crippen LogP contribution in [0.5, 0.6) is 0 Å². The third-order valence-electron chi connectivity index (χ3n) is 5.91. The van der Waals surface area contributed by atoms with Gasteiger partial charge in [-0.2, -0.15) is 0 Å². The highest BCUT2D eigenvalue weighted by Gasteiger charge is 2.33. The summed E-state index contributed by atoms with van der Waals surface area (Å²) in [6.45, 7) is 4.90. The van der Waals surface area contributed by atoms with Crippen molar-refractivity contribution >= 4 is 33.3 Å². The van der Waals surface area contributed by atoms with Crippen molar-refractivity contribution in [2.75, 3.05) is 37.7 Å². The van der Waals surface area contributed by atoms with Crippen LogP contribution in [-0.4, -0.2) is 59.7 Å². The van der Waals surface area contributed by atoms with Gasteiger partial charge < -0.3 is 15.4 Å². The zero-order valence-electron chi connectivity index (χ0n) is 15.4. The van der Waals surface area contributed by atoms with Crippen molar-refractivity contribution in [2.45, 2.75) is 44.7 Å². The molecule has 1 aliphatic carbocycles. The Balaban J connectivity index is 1.58. The van der Waals surface area contributed by atoms with Crippen LogP contribution in [0.2, 0.25) is 0 Å². The van der Waals surface area contributed by atoms with E-state index in [2.05, 4.69) is 9.80 Å². The molecule has 2 N–H and O–H groups in total. The average molecular weight is 388 g/mol. The molecule has 0 unspecified atom stereocenters. The van der Waals surface area contributed by atoms with Crippen molar-refractivity contribution in [1.82, 2.24) is 14.9 Å². The van der Waals surface area contributed by atoms with Crippen LogP contribution in [0.1, 0.15) is 35.5 Å². The first kappa shape index (κ1) is 17.3. The van der Waals surface area contributed by atoms with Gasteiger partial charge in [-0.05, 0) is 37.7 Å². The van der Waals surface area contributed by atoms with Crippen molar-refractivity contribution in [3.05, 3.63) is 16.3 Å². The van der Waals surface area contributed by atoms with E-state index in [1.807, 2.05) is 11.3 Å². The summed E-state index contributed by atoms with van der Waals surface area (Å²) in [6, 6.07) is -0.253. The molecule has 2 aromatic heterocycles. The number of fused-ring (bicyclic) bond motifs is 3. The molecule has 0 radical (unpaired) electrons. The Morgan fingerprint density at radius 3 is 2.85 bits per heavy atom. The molecule has 2 fully saturated rings. The van der Waals surface area contributed by atoms with Gasteiger partial charge in [0, 0.05) is 24.5 Å². The lowest BCUT2D eigenvalue weighted by Gasteiger charge is -2.27. The predicted octanol–water partition coefficient (Wildman–Crippen LogP) is 1.47. The van der Waals surface area contributed by atoms with Crippen LogP contribution in [-0.2, 0) is 28.9 Å². The maximum Gasteiger partial charge on any atom is 0.240 e. The monoisotopic (exact) mass is 387 g/mol. The van der Waals surface area contributed by atoms with Gasteiger partial charge in [0.2, 0.25) is 5.91 Å². The molecular formula is C19H25N5O2S. The zero-order chi connectivity index (χ0) is 18.4. The van der Waals surface area contributed by atoms with Crippen LogP contribution in [0.4, 0.5) is 5.82 Å². The van der Waals surface area contributed by atoms with E-state index in [-0.39, 0.29) is 11.9 Å². The van der Waals surface area contributed by atoms with Gasteiger partial charge in [-0.15, -0.1) is 11.3 Å². The number of aryl methyl sites for hydroxylation is 2. The smallest absolute Gasteiger partial charge is 0.240 e. The van der Waals surface area contributed by atoms with Gasteiger partial charge in [0.15, 0.2) is 0 Å². The van der Waals surface area contributed by atoms with Gasteiger partial charge in [0.05, 0.1) is 25.1 Å². The molecule has 2 aliphatic heterocycles. The number of thiophene rings is 1. The third-order valence-corrected chi connectivity index (χ3v) is 7.10. The Bertz CT molecular complexity index is 877. The van der Waals surface area contributed by atoms with E-state index >= 15 is 0 Å². The number of hydrogen-bond acceptors (Lipinski definition) is 7. The molecule has 0 spiro atoms. The number of nitrogens with zero attached hydrogens (tertiary/aromatic N) is 4. The maximum absolute atomic E-state index is 12.0. The first-order valence-corrected chi connectivity index (χ1v) is 10.7. The van der Waals surface area contributed by atoms with Crippen molar-refractivity contribution in [2.24, 2.45) is 5.73 Å². The second-order valence-electron chi connectivity index (χ2n) is 7.64. The van der Waals surface area contributed by atoms with Crippen LogP contribution in [0, 0.1) is 0 Å². The molecule has 27 heavy (non-hydrogen) atoms. The number of aromatic nitrogens is 2. The number of anilines is 1. The molecule has 0 aromatic carbocycles. The van der Waals surface area contributed by atoms with E-state index in [0.29, 0.717) is 0 Å². The number of rotatable bonds is 4. The lowest BCUT2D eigenvalue weighted by Crippen LogP contribution is -2.41. The van der Waals surface area contributed by atoms with Crippen molar-refractivity contribution in [3.63, 3.8) is 0 Å². The Morgan fingerprint density at radius 1 is 1.19 bits per heavy atom. The van der Waals surface area contributed by atoms with Gasteiger partial charge in [-0.3, -0.25) is 9.69 Å². The minimum Gasteiger partial charge on any atom is -0.379 e. The molecule has 5 rings (SSSR count). The van der Waals surface area contributed by atoms with Crippen LogP contribution in [0.15, 0.2) is 0 Å². The highest BCUT2D eigenvalue weighted by atomic mass is 32.1. The molecule has 1 amide bonds. The molecule has 144 valence electrons. The molecular weight excluding hydrogens is 362 g/mol. The fourth-order valence-electron chi connectivity index (χ4n) is 4.57. The van der Waals surface area contributed by atoms with Crippen LogP contribution >= 0.6 is 11.3 Å². The van der Waals surface area contributed by atoms with Gasteiger partial charge >= 0.3 is 0 Å². The highest BCUT2D eigenvalue weighted by Crippen LogP contribution is 2.42. The number of nitrogens with two attached hydrogens (primary N) is 1. The van der Waals surface area contributed by atoms with Gasteiger partial charge in [-0.1, -0.05) is 0 Å². The number of carbonyl (C=O) groups is 1. The summed E-state index contributed by atoms with van der Waals surface area (Å²) in [5, 5.41) is 1.17. The van der Waals surface area contributed by atoms with E-state index in [1.54, 1.807) is 0 Å². The fraction of sp³-hybridized carbons (Fsp3) is 0.632. The summed E-state index contributed by atoms with van der Waals surface area (Å²) in [5.41, 5.74) is 7.10. The molecule has 4 heterocycles. The molecule has 0 saturated carbocycles. The SMILES string of the molecule is NC(=O)[C@@H]1CCCN1c1nc(CN2CCOCC2)nc2sc3c(c12)CCC3. The number of hydrogen-bond donors (Lipinski definition) is 1. The quantitative estimate of drug-likeness (QED) is 0.855. The molecule has 8 heteroatoms. The second kappa shape index (κ2) is 7.00. The van der Waals surface area contributed by atoms with Gasteiger partial charge in [0.1, 0.15) is 22.5 Å². The fourth-order valence-corrected chi connectivity index (χ4v) is 5.85. The lowest BCUT2D eigenvalue weighted by molar-refractivity contribution is -0.119. The number of ether oxygens (including phenoxy) is 1. The first-order chi connectivity index (χ1) is 13.2. The van der Waals surface area contributed by atoms with Crippen LogP contribution in [0.3, 0.4) is 0 Å². The Morgan fingerprint density at radius 2 is 2.04 bits per heavy atom. The summed E-state index contributed by atoms with van der Waals surface area (Å²) in [6.07, 6.45) is 5.21.